The topological polar surface area (TPSA) is 18.5 Å². The lowest BCUT2D eigenvalue weighted by Gasteiger charge is -2.25. The van der Waals surface area contributed by atoms with Crippen molar-refractivity contribution >= 4 is 0 Å². The lowest BCUT2D eigenvalue weighted by molar-refractivity contribution is -0.0515. The van der Waals surface area contributed by atoms with Gasteiger partial charge < -0.3 is 9.47 Å². The van der Waals surface area contributed by atoms with Gasteiger partial charge in [0.1, 0.15) is 0 Å². The van der Waals surface area contributed by atoms with Gasteiger partial charge in [-0.3, -0.25) is 0 Å². The fourth-order valence-electron chi connectivity index (χ4n) is 1.15. The summed E-state index contributed by atoms with van der Waals surface area (Å²) in [6, 6.07) is 0. The predicted octanol–water partition coefficient (Wildman–Crippen LogP) is 1.06. The molecule has 0 aliphatic carbocycles. The highest BCUT2D eigenvalue weighted by molar-refractivity contribution is 4.66. The van der Waals surface area contributed by atoms with Crippen molar-refractivity contribution in [2.75, 3.05) is 20.3 Å². The first-order chi connectivity index (χ1) is 4.33. The maximum atomic E-state index is 5.26. The van der Waals surface area contributed by atoms with Crippen LogP contribution < -0.4 is 0 Å². The summed E-state index contributed by atoms with van der Waals surface area (Å²) in [4.78, 5) is 0. The van der Waals surface area contributed by atoms with Gasteiger partial charge >= 0.3 is 0 Å². The number of hydrogen-bond donors (Lipinski definition) is 0. The Balaban J connectivity index is 2.23. The molecule has 0 aromatic carbocycles. The Bertz CT molecular complexity index is 83.0. The first kappa shape index (κ1) is 7.03. The molecule has 1 saturated heterocycles. The van der Waals surface area contributed by atoms with Crippen LogP contribution >= 0.6 is 0 Å². The van der Waals surface area contributed by atoms with E-state index in [4.69, 9.17) is 9.47 Å². The Labute approximate surface area is 56.2 Å². The van der Waals surface area contributed by atoms with E-state index >= 15 is 0 Å². The van der Waals surface area contributed by atoms with Gasteiger partial charge in [0.05, 0.1) is 12.7 Å². The molecule has 1 rings (SSSR count). The maximum Gasteiger partial charge on any atom is 0.0808 e. The van der Waals surface area contributed by atoms with Crippen LogP contribution in [0.2, 0.25) is 0 Å². The smallest absolute Gasteiger partial charge is 0.0808 e. The van der Waals surface area contributed by atoms with Gasteiger partial charge in [0.25, 0.3) is 0 Å². The highest BCUT2D eigenvalue weighted by atomic mass is 16.5. The second-order valence-corrected chi connectivity index (χ2v) is 2.74. The van der Waals surface area contributed by atoms with E-state index in [1.165, 1.54) is 0 Å². The molecule has 0 aromatic heterocycles. The normalized spacial score (nSPS) is 36.7. The van der Waals surface area contributed by atoms with E-state index < -0.39 is 0 Å². The summed E-state index contributed by atoms with van der Waals surface area (Å²) in [7, 11) is 1.74. The lowest BCUT2D eigenvalue weighted by Crippen LogP contribution is -2.29. The Hall–Kier alpha value is -0.0800. The van der Waals surface area contributed by atoms with Crippen molar-refractivity contribution < 1.29 is 9.47 Å². The van der Waals surface area contributed by atoms with E-state index in [9.17, 15) is 0 Å². The molecule has 0 aromatic rings. The van der Waals surface area contributed by atoms with Gasteiger partial charge in [-0.2, -0.15) is 0 Å². The van der Waals surface area contributed by atoms with E-state index in [0.717, 1.165) is 19.6 Å². The molecule has 0 N–H and O–H groups in total. The number of ether oxygens (including phenoxy) is 2. The third-order valence-electron chi connectivity index (χ3n) is 1.70. The van der Waals surface area contributed by atoms with E-state index in [2.05, 4.69) is 6.92 Å². The molecule has 1 aliphatic heterocycles. The second-order valence-electron chi connectivity index (χ2n) is 2.74. The van der Waals surface area contributed by atoms with Crippen molar-refractivity contribution in [3.63, 3.8) is 0 Å². The molecule has 2 atom stereocenters. The fourth-order valence-corrected chi connectivity index (χ4v) is 1.15. The van der Waals surface area contributed by atoms with Gasteiger partial charge in [-0.1, -0.05) is 6.92 Å². The van der Waals surface area contributed by atoms with Crippen molar-refractivity contribution in [2.45, 2.75) is 19.4 Å². The standard InChI is InChI=1S/C7H14O2/c1-6-3-7(8-2)5-9-4-6/h6-7H,3-5H2,1-2H3. The van der Waals surface area contributed by atoms with Crippen LogP contribution in [-0.2, 0) is 9.47 Å². The van der Waals surface area contributed by atoms with E-state index in [1.807, 2.05) is 0 Å². The summed E-state index contributed by atoms with van der Waals surface area (Å²) in [5, 5.41) is 0. The monoisotopic (exact) mass is 130 g/mol. The molecule has 0 amide bonds. The Morgan fingerprint density at radius 3 is 2.67 bits per heavy atom. The summed E-state index contributed by atoms with van der Waals surface area (Å²) >= 11 is 0. The number of hydrogen-bond acceptors (Lipinski definition) is 2. The average molecular weight is 130 g/mol. The van der Waals surface area contributed by atoms with Crippen molar-refractivity contribution in [1.82, 2.24) is 0 Å². The summed E-state index contributed by atoms with van der Waals surface area (Å²) in [6.45, 7) is 3.87. The van der Waals surface area contributed by atoms with Crippen molar-refractivity contribution in [1.29, 1.82) is 0 Å². The van der Waals surface area contributed by atoms with Crippen LogP contribution in [0.15, 0.2) is 0 Å². The SMILES string of the molecule is COC1COCC(C)C1. The minimum Gasteiger partial charge on any atom is -0.379 e. The van der Waals surface area contributed by atoms with Gasteiger partial charge in [-0.25, -0.2) is 0 Å². The molecular formula is C7H14O2. The largest absolute Gasteiger partial charge is 0.379 e. The van der Waals surface area contributed by atoms with E-state index in [0.29, 0.717) is 12.0 Å². The van der Waals surface area contributed by atoms with Crippen LogP contribution in [-0.4, -0.2) is 26.4 Å². The molecule has 2 unspecified atom stereocenters. The lowest BCUT2D eigenvalue weighted by atomic mass is 10.0. The van der Waals surface area contributed by atoms with Gasteiger partial charge in [0, 0.05) is 13.7 Å². The molecule has 1 heterocycles. The van der Waals surface area contributed by atoms with Crippen LogP contribution in [0, 0.1) is 5.92 Å². The first-order valence-electron chi connectivity index (χ1n) is 3.43. The predicted molar refractivity (Wildman–Crippen MR) is 35.4 cm³/mol. The highest BCUT2D eigenvalue weighted by Crippen LogP contribution is 2.14. The molecule has 9 heavy (non-hydrogen) atoms. The van der Waals surface area contributed by atoms with Crippen LogP contribution in [0.1, 0.15) is 13.3 Å². The van der Waals surface area contributed by atoms with Gasteiger partial charge in [0.2, 0.25) is 0 Å². The number of rotatable bonds is 1. The van der Waals surface area contributed by atoms with Gasteiger partial charge in [-0.15, -0.1) is 0 Å². The second kappa shape index (κ2) is 3.18. The molecule has 2 nitrogen and oxygen atoms in total. The molecular weight excluding hydrogens is 116 g/mol. The van der Waals surface area contributed by atoms with Gasteiger partial charge in [0.15, 0.2) is 0 Å². The van der Waals surface area contributed by atoms with Crippen LogP contribution in [0.5, 0.6) is 0 Å². The minimum atomic E-state index is 0.341. The zero-order valence-electron chi connectivity index (χ0n) is 6.09. The molecule has 0 saturated carbocycles. The Morgan fingerprint density at radius 2 is 2.22 bits per heavy atom. The minimum absolute atomic E-state index is 0.341. The van der Waals surface area contributed by atoms with Crippen molar-refractivity contribution in [3.8, 4) is 0 Å². The fraction of sp³-hybridized carbons (Fsp3) is 1.00. The molecule has 0 spiro atoms. The zero-order valence-corrected chi connectivity index (χ0v) is 6.09. The summed E-state index contributed by atoms with van der Waals surface area (Å²) in [5.41, 5.74) is 0. The molecule has 1 fully saturated rings. The third-order valence-corrected chi connectivity index (χ3v) is 1.70. The molecule has 1 aliphatic rings. The molecule has 54 valence electrons. The molecule has 0 radical (unpaired) electrons. The van der Waals surface area contributed by atoms with Crippen LogP contribution in [0.25, 0.3) is 0 Å². The Morgan fingerprint density at radius 1 is 1.44 bits per heavy atom. The zero-order chi connectivity index (χ0) is 6.69. The Kier molecular flexibility index (Phi) is 2.49. The van der Waals surface area contributed by atoms with Crippen molar-refractivity contribution in [3.05, 3.63) is 0 Å². The van der Waals surface area contributed by atoms with E-state index in [1.54, 1.807) is 7.11 Å². The van der Waals surface area contributed by atoms with Gasteiger partial charge in [-0.05, 0) is 12.3 Å². The summed E-state index contributed by atoms with van der Waals surface area (Å²) in [5.74, 6) is 0.670. The molecule has 2 heteroatoms. The summed E-state index contributed by atoms with van der Waals surface area (Å²) < 4.78 is 10.4. The number of methoxy groups -OCH3 is 1. The first-order valence-corrected chi connectivity index (χ1v) is 3.43. The molecule has 0 bridgehead atoms. The maximum absolute atomic E-state index is 5.26. The average Bonchev–Trinajstić information content (AvgIpc) is 1.88. The van der Waals surface area contributed by atoms with Crippen LogP contribution in [0.4, 0.5) is 0 Å². The quantitative estimate of drug-likeness (QED) is 0.528. The summed E-state index contributed by atoms with van der Waals surface area (Å²) in [6.07, 6.45) is 1.49. The van der Waals surface area contributed by atoms with Crippen LogP contribution in [0.3, 0.4) is 0 Å². The third kappa shape index (κ3) is 1.95. The van der Waals surface area contributed by atoms with E-state index in [-0.39, 0.29) is 0 Å². The highest BCUT2D eigenvalue weighted by Gasteiger charge is 2.17. The van der Waals surface area contributed by atoms with Crippen molar-refractivity contribution in [2.24, 2.45) is 5.92 Å².